The SMILES string of the molecule is c1ccc(-n2c3ccccc3c3cc(-c4cc(-c5ccc6ccc7cccc8ccc5c6c78)cc(-c5ccc6ccc7cccc8ccc5c6c78)c4)ccc32)cc1. The van der Waals surface area contributed by atoms with E-state index in [0.29, 0.717) is 0 Å². The summed E-state index contributed by atoms with van der Waals surface area (Å²) in [6, 6.07) is 74.8. The van der Waals surface area contributed by atoms with Crippen LogP contribution in [0.4, 0.5) is 0 Å². The van der Waals surface area contributed by atoms with E-state index >= 15 is 0 Å². The number of nitrogens with zero attached hydrogens (tertiary/aromatic N) is 1. The molecule has 12 aromatic carbocycles. The van der Waals surface area contributed by atoms with Crippen LogP contribution in [0.25, 0.3) is 126 Å². The first-order valence-corrected chi connectivity index (χ1v) is 19.8. The molecule has 0 N–H and O–H groups in total. The van der Waals surface area contributed by atoms with Crippen molar-refractivity contribution in [1.29, 1.82) is 0 Å². The number of para-hydroxylation sites is 2. The van der Waals surface area contributed by atoms with Gasteiger partial charge in [0.25, 0.3) is 0 Å². The second kappa shape index (κ2) is 11.5. The molecular formula is C56H33N. The van der Waals surface area contributed by atoms with E-state index in [4.69, 9.17) is 0 Å². The van der Waals surface area contributed by atoms with Crippen molar-refractivity contribution in [2.75, 3.05) is 0 Å². The number of benzene rings is 12. The zero-order chi connectivity index (χ0) is 37.2. The van der Waals surface area contributed by atoms with Gasteiger partial charge < -0.3 is 4.57 Å². The van der Waals surface area contributed by atoms with Crippen LogP contribution in [0.5, 0.6) is 0 Å². The van der Waals surface area contributed by atoms with Gasteiger partial charge in [0.2, 0.25) is 0 Å². The zero-order valence-corrected chi connectivity index (χ0v) is 31.0. The molecule has 13 rings (SSSR count). The molecule has 0 atom stereocenters. The predicted molar refractivity (Wildman–Crippen MR) is 244 cm³/mol. The van der Waals surface area contributed by atoms with Gasteiger partial charge in [0, 0.05) is 16.5 Å². The van der Waals surface area contributed by atoms with Crippen molar-refractivity contribution in [2.24, 2.45) is 0 Å². The van der Waals surface area contributed by atoms with Gasteiger partial charge in [-0.25, -0.2) is 0 Å². The van der Waals surface area contributed by atoms with Crippen molar-refractivity contribution < 1.29 is 0 Å². The van der Waals surface area contributed by atoms with Gasteiger partial charge in [-0.15, -0.1) is 0 Å². The summed E-state index contributed by atoms with van der Waals surface area (Å²) in [6.07, 6.45) is 0. The Bertz CT molecular complexity index is 3540. The van der Waals surface area contributed by atoms with Crippen LogP contribution in [-0.2, 0) is 0 Å². The second-order valence-electron chi connectivity index (χ2n) is 15.7. The third-order valence-corrected chi connectivity index (χ3v) is 12.6. The number of hydrogen-bond acceptors (Lipinski definition) is 0. The smallest absolute Gasteiger partial charge is 0.0541 e. The Morgan fingerprint density at radius 3 is 1.32 bits per heavy atom. The summed E-state index contributed by atoms with van der Waals surface area (Å²) in [7, 11) is 0. The van der Waals surface area contributed by atoms with Crippen molar-refractivity contribution in [1.82, 2.24) is 4.57 Å². The molecule has 0 aliphatic carbocycles. The summed E-state index contributed by atoms with van der Waals surface area (Å²) in [4.78, 5) is 0. The minimum atomic E-state index is 1.17. The minimum absolute atomic E-state index is 1.17. The van der Waals surface area contributed by atoms with Gasteiger partial charge >= 0.3 is 0 Å². The molecule has 0 saturated carbocycles. The standard InChI is InChI=1S/C56H33N/c1-2-12-44(13-3-1)57-51-15-5-4-14-47(51)50-33-40(24-29-52(50)57)41-30-42(45-25-20-38-18-16-34-8-6-10-36-22-27-48(45)55(38)53(34)36)32-43(31-41)46-26-21-39-19-17-35-9-7-11-37-23-28-49(46)56(39)54(35)37/h1-33H. The number of rotatable bonds is 4. The third-order valence-electron chi connectivity index (χ3n) is 12.6. The predicted octanol–water partition coefficient (Wildman–Crippen LogP) is 15.6. The van der Waals surface area contributed by atoms with Crippen LogP contribution >= 0.6 is 0 Å². The quantitative estimate of drug-likeness (QED) is 0.160. The first kappa shape index (κ1) is 30.8. The van der Waals surface area contributed by atoms with Crippen molar-refractivity contribution in [2.45, 2.75) is 0 Å². The normalized spacial score (nSPS) is 12.2. The van der Waals surface area contributed by atoms with Crippen LogP contribution in [-0.4, -0.2) is 4.57 Å². The molecule has 1 heteroatoms. The lowest BCUT2D eigenvalue weighted by Gasteiger charge is -2.18. The summed E-state index contributed by atoms with van der Waals surface area (Å²) in [6.45, 7) is 0. The Balaban J connectivity index is 1.10. The summed E-state index contributed by atoms with van der Waals surface area (Å²) < 4.78 is 2.39. The molecule has 0 amide bonds. The first-order valence-electron chi connectivity index (χ1n) is 19.8. The molecule has 0 aliphatic heterocycles. The fourth-order valence-electron chi connectivity index (χ4n) is 10.1. The average molecular weight is 720 g/mol. The lowest BCUT2D eigenvalue weighted by atomic mass is 9.86. The number of fused-ring (bicyclic) bond motifs is 3. The van der Waals surface area contributed by atoms with Crippen molar-refractivity contribution >= 4 is 86.4 Å². The maximum absolute atomic E-state index is 2.43. The number of aromatic nitrogens is 1. The second-order valence-corrected chi connectivity index (χ2v) is 15.7. The molecule has 57 heavy (non-hydrogen) atoms. The summed E-state index contributed by atoms with van der Waals surface area (Å²) in [5.41, 5.74) is 11.0. The van der Waals surface area contributed by atoms with Crippen LogP contribution in [0, 0.1) is 0 Å². The number of hydrogen-bond donors (Lipinski definition) is 0. The van der Waals surface area contributed by atoms with Gasteiger partial charge in [0.15, 0.2) is 0 Å². The summed E-state index contributed by atoms with van der Waals surface area (Å²) >= 11 is 0. The van der Waals surface area contributed by atoms with Crippen LogP contribution in [0.15, 0.2) is 200 Å². The summed E-state index contributed by atoms with van der Waals surface area (Å²) in [5, 5.41) is 18.2. The van der Waals surface area contributed by atoms with Gasteiger partial charge in [-0.2, -0.15) is 0 Å². The van der Waals surface area contributed by atoms with Gasteiger partial charge in [-0.3, -0.25) is 0 Å². The van der Waals surface area contributed by atoms with Crippen LogP contribution in [0.2, 0.25) is 0 Å². The van der Waals surface area contributed by atoms with Crippen molar-refractivity contribution in [3.63, 3.8) is 0 Å². The summed E-state index contributed by atoms with van der Waals surface area (Å²) in [5.74, 6) is 0. The van der Waals surface area contributed by atoms with Crippen LogP contribution < -0.4 is 0 Å². The van der Waals surface area contributed by atoms with E-state index in [2.05, 4.69) is 205 Å². The highest BCUT2D eigenvalue weighted by Crippen LogP contribution is 2.45. The largest absolute Gasteiger partial charge is 0.309 e. The van der Waals surface area contributed by atoms with Crippen LogP contribution in [0.3, 0.4) is 0 Å². The van der Waals surface area contributed by atoms with E-state index in [1.165, 1.54) is 126 Å². The molecule has 1 nitrogen and oxygen atoms in total. The molecule has 0 radical (unpaired) electrons. The van der Waals surface area contributed by atoms with Crippen LogP contribution in [0.1, 0.15) is 0 Å². The minimum Gasteiger partial charge on any atom is -0.309 e. The Labute approximate surface area is 328 Å². The maximum atomic E-state index is 2.43. The molecule has 13 aromatic rings. The highest BCUT2D eigenvalue weighted by molar-refractivity contribution is 6.27. The molecular weight excluding hydrogens is 687 g/mol. The van der Waals surface area contributed by atoms with Gasteiger partial charge in [0.05, 0.1) is 11.0 Å². The monoisotopic (exact) mass is 719 g/mol. The van der Waals surface area contributed by atoms with E-state index in [1.807, 2.05) is 0 Å². The molecule has 0 bridgehead atoms. The first-order chi connectivity index (χ1) is 28.2. The van der Waals surface area contributed by atoms with E-state index < -0.39 is 0 Å². The van der Waals surface area contributed by atoms with Crippen molar-refractivity contribution in [3.05, 3.63) is 200 Å². The molecule has 0 unspecified atom stereocenters. The molecule has 0 saturated heterocycles. The zero-order valence-electron chi connectivity index (χ0n) is 31.0. The highest BCUT2D eigenvalue weighted by atomic mass is 15.0. The van der Waals surface area contributed by atoms with E-state index in [1.54, 1.807) is 0 Å². The van der Waals surface area contributed by atoms with Crippen molar-refractivity contribution in [3.8, 4) is 39.1 Å². The molecule has 0 spiro atoms. The fourth-order valence-corrected chi connectivity index (χ4v) is 10.1. The molecule has 1 heterocycles. The van der Waals surface area contributed by atoms with Gasteiger partial charge in [-0.05, 0) is 147 Å². The van der Waals surface area contributed by atoms with E-state index in [9.17, 15) is 0 Å². The van der Waals surface area contributed by atoms with E-state index in [0.717, 1.165) is 0 Å². The lowest BCUT2D eigenvalue weighted by molar-refractivity contribution is 1.18. The highest BCUT2D eigenvalue weighted by Gasteiger charge is 2.18. The Morgan fingerprint density at radius 1 is 0.246 bits per heavy atom. The Kier molecular flexibility index (Phi) is 6.23. The van der Waals surface area contributed by atoms with Gasteiger partial charge in [0.1, 0.15) is 0 Å². The Morgan fingerprint density at radius 2 is 0.719 bits per heavy atom. The molecule has 0 fully saturated rings. The van der Waals surface area contributed by atoms with Gasteiger partial charge in [-0.1, -0.05) is 152 Å². The molecule has 1 aromatic heterocycles. The lowest BCUT2D eigenvalue weighted by Crippen LogP contribution is -1.93. The van der Waals surface area contributed by atoms with E-state index in [-0.39, 0.29) is 0 Å². The topological polar surface area (TPSA) is 4.93 Å². The average Bonchev–Trinajstić information content (AvgIpc) is 3.61. The third kappa shape index (κ3) is 4.40. The molecule has 262 valence electrons. The Hall–Kier alpha value is -7.48. The molecule has 0 aliphatic rings. The maximum Gasteiger partial charge on any atom is 0.0541 e. The fraction of sp³-hybridized carbons (Fsp3) is 0.